The van der Waals surface area contributed by atoms with Crippen LogP contribution in [0.15, 0.2) is 6.07 Å². The summed E-state index contributed by atoms with van der Waals surface area (Å²) in [5.74, 6) is 2.77. The highest BCUT2D eigenvalue weighted by Crippen LogP contribution is 2.25. The van der Waals surface area contributed by atoms with Crippen molar-refractivity contribution in [2.24, 2.45) is 0 Å². The van der Waals surface area contributed by atoms with Gasteiger partial charge in [0.15, 0.2) is 5.78 Å². The maximum atomic E-state index is 11.4. The summed E-state index contributed by atoms with van der Waals surface area (Å²) in [5.41, 5.74) is -0.00110. The number of hydrogen-bond donors (Lipinski definition) is 0. The second kappa shape index (κ2) is 4.79. The zero-order valence-corrected chi connectivity index (χ0v) is 12.4. The first-order valence-corrected chi connectivity index (χ1v) is 6.63. The van der Waals surface area contributed by atoms with Crippen LogP contribution in [-0.2, 0) is 4.79 Å². The van der Waals surface area contributed by atoms with Gasteiger partial charge in [-0.3, -0.25) is 4.79 Å². The number of aryl methyl sites for hydroxylation is 1. The van der Waals surface area contributed by atoms with Crippen LogP contribution in [0.5, 0.6) is 0 Å². The molecular formula is C14H22N4O. The summed E-state index contributed by atoms with van der Waals surface area (Å²) < 4.78 is 0. The fraction of sp³-hybridized carbons (Fsp3) is 0.643. The molecule has 0 amide bonds. The van der Waals surface area contributed by atoms with Crippen molar-refractivity contribution >= 4 is 17.4 Å². The number of carbonyl (C=O) groups is 1. The number of Topliss-reactive ketones (excluding diaryl/α,β-unsaturated/α-hetero) is 1. The Bertz CT molecular complexity index is 493. The van der Waals surface area contributed by atoms with Gasteiger partial charge < -0.3 is 9.80 Å². The number of nitrogens with zero attached hydrogens (tertiary/aromatic N) is 4. The smallest absolute Gasteiger partial charge is 0.153 e. The van der Waals surface area contributed by atoms with Gasteiger partial charge in [-0.2, -0.15) is 0 Å². The van der Waals surface area contributed by atoms with Gasteiger partial charge in [0.1, 0.15) is 17.5 Å². The average Bonchev–Trinajstić information content (AvgIpc) is 2.73. The van der Waals surface area contributed by atoms with Gasteiger partial charge in [0.25, 0.3) is 0 Å². The van der Waals surface area contributed by atoms with E-state index >= 15 is 0 Å². The molecule has 0 atom stereocenters. The molecule has 0 bridgehead atoms. The zero-order valence-electron chi connectivity index (χ0n) is 12.4. The van der Waals surface area contributed by atoms with Crippen LogP contribution in [0.2, 0.25) is 0 Å². The van der Waals surface area contributed by atoms with Gasteiger partial charge in [0.2, 0.25) is 0 Å². The molecule has 0 radical (unpaired) electrons. The lowest BCUT2D eigenvalue weighted by molar-refractivity contribution is -0.116. The molecule has 1 aliphatic rings. The molecule has 0 spiro atoms. The molecule has 2 heterocycles. The van der Waals surface area contributed by atoms with E-state index in [1.807, 2.05) is 24.9 Å². The first-order valence-electron chi connectivity index (χ1n) is 6.63. The number of rotatable bonds is 2. The maximum absolute atomic E-state index is 11.4. The van der Waals surface area contributed by atoms with Crippen molar-refractivity contribution in [2.75, 3.05) is 29.9 Å². The number of aromatic nitrogens is 2. The van der Waals surface area contributed by atoms with E-state index in [2.05, 4.69) is 35.6 Å². The molecule has 0 N–H and O–H groups in total. The Labute approximate surface area is 114 Å². The molecule has 0 aromatic carbocycles. The molecule has 0 aliphatic carbocycles. The average molecular weight is 262 g/mol. The Morgan fingerprint density at radius 1 is 1.32 bits per heavy atom. The summed E-state index contributed by atoms with van der Waals surface area (Å²) in [7, 11) is 2.03. The van der Waals surface area contributed by atoms with Crippen LogP contribution in [-0.4, -0.2) is 41.4 Å². The van der Waals surface area contributed by atoms with Crippen molar-refractivity contribution in [3.8, 4) is 0 Å². The van der Waals surface area contributed by atoms with E-state index in [-0.39, 0.29) is 11.3 Å². The normalized spacial score (nSPS) is 16.1. The van der Waals surface area contributed by atoms with Crippen LogP contribution in [0.25, 0.3) is 0 Å². The minimum atomic E-state index is -0.00110. The lowest BCUT2D eigenvalue weighted by atomic mass is 10.1. The third-order valence-corrected chi connectivity index (χ3v) is 3.51. The quantitative estimate of drug-likeness (QED) is 0.813. The molecule has 0 unspecified atom stereocenters. The van der Waals surface area contributed by atoms with Crippen LogP contribution < -0.4 is 9.80 Å². The van der Waals surface area contributed by atoms with Crippen molar-refractivity contribution in [1.82, 2.24) is 9.97 Å². The van der Waals surface area contributed by atoms with Gasteiger partial charge in [0, 0.05) is 31.6 Å². The second-order valence-electron chi connectivity index (χ2n) is 6.07. The van der Waals surface area contributed by atoms with E-state index in [9.17, 15) is 4.79 Å². The molecule has 1 saturated heterocycles. The molecule has 19 heavy (non-hydrogen) atoms. The van der Waals surface area contributed by atoms with E-state index in [1.54, 1.807) is 0 Å². The number of carbonyl (C=O) groups excluding carboxylic acids is 1. The summed E-state index contributed by atoms with van der Waals surface area (Å²) in [5, 5.41) is 0. The summed E-state index contributed by atoms with van der Waals surface area (Å²) in [6.07, 6.45) is 0.619. The van der Waals surface area contributed by atoms with E-state index in [0.717, 1.165) is 24.0 Å². The Hall–Kier alpha value is -1.65. The van der Waals surface area contributed by atoms with E-state index < -0.39 is 0 Å². The van der Waals surface area contributed by atoms with Crippen LogP contribution in [0.4, 0.5) is 11.6 Å². The summed E-state index contributed by atoms with van der Waals surface area (Å²) >= 11 is 0. The minimum Gasteiger partial charge on any atom is -0.355 e. The lowest BCUT2D eigenvalue weighted by Crippen LogP contribution is -2.39. The Morgan fingerprint density at radius 2 is 2.00 bits per heavy atom. The van der Waals surface area contributed by atoms with E-state index in [0.29, 0.717) is 13.0 Å². The fourth-order valence-corrected chi connectivity index (χ4v) is 2.04. The third kappa shape index (κ3) is 3.03. The minimum absolute atomic E-state index is 0.00110. The number of hydrogen-bond acceptors (Lipinski definition) is 5. The van der Waals surface area contributed by atoms with Crippen LogP contribution in [0, 0.1) is 6.92 Å². The Morgan fingerprint density at radius 3 is 2.53 bits per heavy atom. The van der Waals surface area contributed by atoms with Crippen LogP contribution >= 0.6 is 0 Å². The SMILES string of the molecule is Cc1nc(N2CCC(=O)C2)cc(N(C)C(C)(C)C)n1. The first kappa shape index (κ1) is 13.8. The molecule has 2 rings (SSSR count). The van der Waals surface area contributed by atoms with Gasteiger partial charge in [-0.05, 0) is 27.7 Å². The molecule has 1 fully saturated rings. The van der Waals surface area contributed by atoms with Gasteiger partial charge in [0.05, 0.1) is 6.54 Å². The van der Waals surface area contributed by atoms with Crippen molar-refractivity contribution < 1.29 is 4.79 Å². The topological polar surface area (TPSA) is 49.3 Å². The van der Waals surface area contributed by atoms with Gasteiger partial charge >= 0.3 is 0 Å². The predicted octanol–water partition coefficient (Wildman–Crippen LogP) is 1.80. The van der Waals surface area contributed by atoms with Gasteiger partial charge in [-0.1, -0.05) is 0 Å². The lowest BCUT2D eigenvalue weighted by Gasteiger charge is -2.33. The molecular weight excluding hydrogens is 240 g/mol. The fourth-order valence-electron chi connectivity index (χ4n) is 2.04. The number of anilines is 2. The first-order chi connectivity index (χ1) is 8.77. The summed E-state index contributed by atoms with van der Waals surface area (Å²) in [4.78, 5) is 24.5. The van der Waals surface area contributed by atoms with E-state index in [1.165, 1.54) is 0 Å². The molecule has 1 aliphatic heterocycles. The maximum Gasteiger partial charge on any atom is 0.153 e. The van der Waals surface area contributed by atoms with Crippen LogP contribution in [0.1, 0.15) is 33.0 Å². The second-order valence-corrected chi connectivity index (χ2v) is 6.07. The van der Waals surface area contributed by atoms with Gasteiger partial charge in [-0.25, -0.2) is 9.97 Å². The Balaban J connectivity index is 2.32. The van der Waals surface area contributed by atoms with E-state index in [4.69, 9.17) is 0 Å². The summed E-state index contributed by atoms with van der Waals surface area (Å²) in [6.45, 7) is 9.54. The standard InChI is InChI=1S/C14H22N4O/c1-10-15-12(17(5)14(2,3)4)8-13(16-10)18-7-6-11(19)9-18/h8H,6-7,9H2,1-5H3. The van der Waals surface area contributed by atoms with Crippen LogP contribution in [0.3, 0.4) is 0 Å². The molecule has 0 saturated carbocycles. The number of ketones is 1. The predicted molar refractivity (Wildman–Crippen MR) is 76.8 cm³/mol. The van der Waals surface area contributed by atoms with Crippen molar-refractivity contribution in [1.29, 1.82) is 0 Å². The zero-order chi connectivity index (χ0) is 14.2. The largest absolute Gasteiger partial charge is 0.355 e. The molecule has 104 valence electrons. The summed E-state index contributed by atoms with van der Waals surface area (Å²) in [6, 6.07) is 1.97. The van der Waals surface area contributed by atoms with Gasteiger partial charge in [-0.15, -0.1) is 0 Å². The molecule has 5 heteroatoms. The van der Waals surface area contributed by atoms with Crippen molar-refractivity contribution in [3.63, 3.8) is 0 Å². The highest BCUT2D eigenvalue weighted by molar-refractivity contribution is 5.86. The third-order valence-electron chi connectivity index (χ3n) is 3.51. The molecule has 1 aromatic heterocycles. The highest BCUT2D eigenvalue weighted by atomic mass is 16.1. The van der Waals surface area contributed by atoms with Crippen molar-refractivity contribution in [3.05, 3.63) is 11.9 Å². The monoisotopic (exact) mass is 262 g/mol. The Kier molecular flexibility index (Phi) is 3.47. The molecule has 5 nitrogen and oxygen atoms in total. The molecule has 1 aromatic rings. The highest BCUT2D eigenvalue weighted by Gasteiger charge is 2.24. The van der Waals surface area contributed by atoms with Crippen molar-refractivity contribution in [2.45, 2.75) is 39.7 Å².